The molecule has 0 saturated heterocycles. The van der Waals surface area contributed by atoms with Gasteiger partial charge in [0.1, 0.15) is 11.2 Å². The molecule has 0 fully saturated rings. The van der Waals surface area contributed by atoms with Crippen LogP contribution >= 0.6 is 0 Å². The van der Waals surface area contributed by atoms with Crippen molar-refractivity contribution in [3.05, 3.63) is 29.6 Å². The van der Waals surface area contributed by atoms with Gasteiger partial charge in [-0.1, -0.05) is 6.92 Å². The molecule has 1 aliphatic heterocycles. The van der Waals surface area contributed by atoms with Crippen molar-refractivity contribution in [1.29, 1.82) is 5.26 Å². The molecule has 5 heteroatoms. The number of nitrogens with zero attached hydrogens (tertiary/aromatic N) is 3. The lowest BCUT2D eigenvalue weighted by atomic mass is 9.99. The second kappa shape index (κ2) is 3.67. The van der Waals surface area contributed by atoms with E-state index in [2.05, 4.69) is 4.98 Å². The quantitative estimate of drug-likeness (QED) is 0.718. The normalized spacial score (nSPS) is 17.6. The van der Waals surface area contributed by atoms with Crippen LogP contribution in [0.2, 0.25) is 0 Å². The van der Waals surface area contributed by atoms with E-state index in [0.29, 0.717) is 6.42 Å². The van der Waals surface area contributed by atoms with E-state index in [9.17, 15) is 9.59 Å². The highest BCUT2D eigenvalue weighted by atomic mass is 16.2. The molecular weight excluding hydrogens is 218 g/mol. The van der Waals surface area contributed by atoms with E-state index in [0.717, 1.165) is 4.90 Å². The molecule has 0 aliphatic carbocycles. The SMILES string of the molecule is CCC(C)(C#N)N1C(=O)c2cccnc2C1=O. The van der Waals surface area contributed by atoms with Crippen molar-refractivity contribution >= 4 is 11.8 Å². The van der Waals surface area contributed by atoms with Gasteiger partial charge in [-0.25, -0.2) is 0 Å². The number of hydrogen-bond donors (Lipinski definition) is 0. The summed E-state index contributed by atoms with van der Waals surface area (Å²) in [5, 5.41) is 9.14. The first kappa shape index (κ1) is 11.3. The Morgan fingerprint density at radius 1 is 1.47 bits per heavy atom. The van der Waals surface area contributed by atoms with Gasteiger partial charge in [0.05, 0.1) is 11.6 Å². The van der Waals surface area contributed by atoms with Gasteiger partial charge in [-0.3, -0.25) is 19.5 Å². The van der Waals surface area contributed by atoms with Gasteiger partial charge in [0.2, 0.25) is 0 Å². The summed E-state index contributed by atoms with van der Waals surface area (Å²) in [4.78, 5) is 29.1. The molecule has 2 rings (SSSR count). The van der Waals surface area contributed by atoms with E-state index in [-0.39, 0.29) is 11.3 Å². The highest BCUT2D eigenvalue weighted by molar-refractivity contribution is 6.21. The van der Waals surface area contributed by atoms with E-state index in [1.54, 1.807) is 26.0 Å². The third kappa shape index (κ3) is 1.41. The largest absolute Gasteiger partial charge is 0.281 e. The van der Waals surface area contributed by atoms with Gasteiger partial charge in [-0.05, 0) is 25.5 Å². The Kier molecular flexibility index (Phi) is 2.43. The van der Waals surface area contributed by atoms with Gasteiger partial charge < -0.3 is 0 Å². The molecule has 0 N–H and O–H groups in total. The van der Waals surface area contributed by atoms with Crippen LogP contribution in [0.15, 0.2) is 18.3 Å². The summed E-state index contributed by atoms with van der Waals surface area (Å²) >= 11 is 0. The topological polar surface area (TPSA) is 74.1 Å². The van der Waals surface area contributed by atoms with Crippen LogP contribution in [-0.2, 0) is 0 Å². The van der Waals surface area contributed by atoms with Crippen LogP contribution in [0.25, 0.3) is 0 Å². The standard InChI is InChI=1S/C12H11N3O2/c1-3-12(2,7-13)15-10(16)8-5-4-6-14-9(8)11(15)17/h4-6H,3H2,1-2H3. The van der Waals surface area contributed by atoms with Gasteiger partial charge in [-0.2, -0.15) is 5.26 Å². The molecule has 5 nitrogen and oxygen atoms in total. The number of hydrogen-bond acceptors (Lipinski definition) is 4. The fourth-order valence-electron chi connectivity index (χ4n) is 1.80. The third-order valence-electron chi connectivity index (χ3n) is 3.07. The smallest absolute Gasteiger partial charge is 0.268 e. The average Bonchev–Trinajstić information content (AvgIpc) is 2.62. The molecule has 1 atom stereocenters. The van der Waals surface area contributed by atoms with Gasteiger partial charge >= 0.3 is 0 Å². The molecule has 1 aliphatic rings. The van der Waals surface area contributed by atoms with E-state index < -0.39 is 17.4 Å². The number of amides is 2. The first-order valence-electron chi connectivity index (χ1n) is 5.30. The Labute approximate surface area is 98.7 Å². The molecule has 2 amide bonds. The zero-order valence-electron chi connectivity index (χ0n) is 9.60. The first-order valence-corrected chi connectivity index (χ1v) is 5.30. The van der Waals surface area contributed by atoms with E-state index >= 15 is 0 Å². The maximum absolute atomic E-state index is 12.1. The van der Waals surface area contributed by atoms with Crippen LogP contribution in [0, 0.1) is 11.3 Å². The fourth-order valence-corrected chi connectivity index (χ4v) is 1.80. The van der Waals surface area contributed by atoms with Crippen molar-refractivity contribution in [3.63, 3.8) is 0 Å². The molecule has 0 radical (unpaired) electrons. The van der Waals surface area contributed by atoms with E-state index in [4.69, 9.17) is 5.26 Å². The lowest BCUT2D eigenvalue weighted by molar-refractivity contribution is 0.0522. The van der Waals surface area contributed by atoms with Crippen molar-refractivity contribution in [2.45, 2.75) is 25.8 Å². The summed E-state index contributed by atoms with van der Waals surface area (Å²) < 4.78 is 0. The molecule has 0 bridgehead atoms. The maximum atomic E-state index is 12.1. The average molecular weight is 229 g/mol. The summed E-state index contributed by atoms with van der Waals surface area (Å²) in [5.74, 6) is -0.930. The minimum atomic E-state index is -1.12. The van der Waals surface area contributed by atoms with Gasteiger partial charge in [0.25, 0.3) is 11.8 Å². The van der Waals surface area contributed by atoms with Crippen LogP contribution in [0.4, 0.5) is 0 Å². The highest BCUT2D eigenvalue weighted by Crippen LogP contribution is 2.29. The summed E-state index contributed by atoms with van der Waals surface area (Å²) in [6, 6.07) is 5.17. The molecule has 0 saturated carbocycles. The Balaban J connectivity index is 2.55. The van der Waals surface area contributed by atoms with E-state index in [1.165, 1.54) is 6.20 Å². The van der Waals surface area contributed by atoms with E-state index in [1.807, 2.05) is 6.07 Å². The van der Waals surface area contributed by atoms with Crippen LogP contribution in [-0.4, -0.2) is 27.2 Å². The molecule has 1 unspecified atom stereocenters. The molecule has 0 spiro atoms. The zero-order valence-corrected chi connectivity index (χ0v) is 9.60. The minimum Gasteiger partial charge on any atom is -0.268 e. The summed E-state index contributed by atoms with van der Waals surface area (Å²) in [6.07, 6.45) is 1.85. The first-order chi connectivity index (χ1) is 8.05. The van der Waals surface area contributed by atoms with Gasteiger partial charge in [0, 0.05) is 6.20 Å². The minimum absolute atomic E-state index is 0.132. The molecule has 1 aromatic rings. The van der Waals surface area contributed by atoms with Crippen LogP contribution < -0.4 is 0 Å². The predicted molar refractivity (Wildman–Crippen MR) is 59.0 cm³/mol. The molecule has 2 heterocycles. The van der Waals surface area contributed by atoms with Gasteiger partial charge in [-0.15, -0.1) is 0 Å². The molecule has 86 valence electrons. The lowest BCUT2D eigenvalue weighted by Gasteiger charge is -2.29. The van der Waals surface area contributed by atoms with Crippen molar-refractivity contribution in [1.82, 2.24) is 9.88 Å². The van der Waals surface area contributed by atoms with Crippen molar-refractivity contribution in [3.8, 4) is 6.07 Å². The van der Waals surface area contributed by atoms with Crippen LogP contribution in [0.5, 0.6) is 0 Å². The molecule has 17 heavy (non-hydrogen) atoms. The maximum Gasteiger partial charge on any atom is 0.281 e. The Hall–Kier alpha value is -2.22. The summed E-state index contributed by atoms with van der Waals surface area (Å²) in [5.41, 5.74) is -0.714. The molecular formula is C12H11N3O2. The monoisotopic (exact) mass is 229 g/mol. The number of carbonyl (C=O) groups excluding carboxylic acids is 2. The van der Waals surface area contributed by atoms with Crippen LogP contribution in [0.1, 0.15) is 41.1 Å². The Morgan fingerprint density at radius 2 is 2.18 bits per heavy atom. The number of nitriles is 1. The number of imide groups is 1. The zero-order chi connectivity index (χ0) is 12.6. The summed E-state index contributed by atoms with van der Waals surface area (Å²) in [7, 11) is 0. The number of aromatic nitrogens is 1. The molecule has 0 aromatic carbocycles. The van der Waals surface area contributed by atoms with Crippen molar-refractivity contribution in [2.24, 2.45) is 0 Å². The van der Waals surface area contributed by atoms with Crippen molar-refractivity contribution < 1.29 is 9.59 Å². The van der Waals surface area contributed by atoms with Crippen molar-refractivity contribution in [2.75, 3.05) is 0 Å². The third-order valence-corrected chi connectivity index (χ3v) is 3.07. The van der Waals surface area contributed by atoms with Gasteiger partial charge in [0.15, 0.2) is 0 Å². The number of fused-ring (bicyclic) bond motifs is 1. The number of carbonyl (C=O) groups is 2. The number of pyridine rings is 1. The predicted octanol–water partition coefficient (Wildman–Crippen LogP) is 1.37. The number of rotatable bonds is 2. The van der Waals surface area contributed by atoms with Crippen LogP contribution in [0.3, 0.4) is 0 Å². The highest BCUT2D eigenvalue weighted by Gasteiger charge is 2.46. The second-order valence-electron chi connectivity index (χ2n) is 4.08. The second-order valence-corrected chi connectivity index (χ2v) is 4.08. The molecule has 1 aromatic heterocycles. The summed E-state index contributed by atoms with van der Waals surface area (Å²) in [6.45, 7) is 3.34. The Morgan fingerprint density at radius 3 is 2.71 bits per heavy atom. The Bertz CT molecular complexity index is 512. The lowest BCUT2D eigenvalue weighted by Crippen LogP contribution is -2.48. The fraction of sp³-hybridized carbons (Fsp3) is 0.333.